The third-order valence-electron chi connectivity index (χ3n) is 7.39. The Morgan fingerprint density at radius 2 is 1.70 bits per heavy atom. The van der Waals surface area contributed by atoms with Gasteiger partial charge in [-0.05, 0) is 74.0 Å². The second kappa shape index (κ2) is 11.0. The van der Waals surface area contributed by atoms with Gasteiger partial charge in [-0.15, -0.1) is 0 Å². The fourth-order valence-corrected chi connectivity index (χ4v) is 6.52. The van der Waals surface area contributed by atoms with Crippen molar-refractivity contribution in [3.63, 3.8) is 0 Å². The number of fused-ring (bicyclic) bond motifs is 2. The SMILES string of the molecule is CCOc1ccc2nc(N3C(=O)C(=O)C(=C(O)c4c(C)nc5ccccn45)C3c3cccc(Oc4ccccc4)c3)sc2c1. The number of nitrogens with zero attached hydrogens (tertiary/aromatic N) is 4. The van der Waals surface area contributed by atoms with Crippen LogP contribution in [-0.4, -0.2) is 37.8 Å². The number of aliphatic hydroxyl groups is 1. The summed E-state index contributed by atoms with van der Waals surface area (Å²) < 4.78 is 14.3. The number of hydrogen-bond donors (Lipinski definition) is 1. The lowest BCUT2D eigenvalue weighted by atomic mass is 9.96. The van der Waals surface area contributed by atoms with E-state index in [2.05, 4.69) is 4.98 Å². The summed E-state index contributed by atoms with van der Waals surface area (Å²) in [7, 11) is 0. The second-order valence-corrected chi connectivity index (χ2v) is 11.2. The predicted molar refractivity (Wildman–Crippen MR) is 168 cm³/mol. The summed E-state index contributed by atoms with van der Waals surface area (Å²) in [5.74, 6) is -0.0982. The number of aryl methyl sites for hydroxylation is 1. The van der Waals surface area contributed by atoms with Crippen molar-refractivity contribution in [2.45, 2.75) is 19.9 Å². The zero-order valence-corrected chi connectivity index (χ0v) is 24.6. The maximum absolute atomic E-state index is 13.9. The summed E-state index contributed by atoms with van der Waals surface area (Å²) in [4.78, 5) is 38.4. The molecule has 1 N–H and O–H groups in total. The Labute approximate surface area is 256 Å². The molecule has 3 aromatic heterocycles. The number of aliphatic hydroxyl groups excluding tert-OH is 1. The van der Waals surface area contributed by atoms with Gasteiger partial charge in [0.05, 0.1) is 34.1 Å². The average molecular weight is 603 g/mol. The van der Waals surface area contributed by atoms with Crippen LogP contribution >= 0.6 is 11.3 Å². The van der Waals surface area contributed by atoms with Crippen LogP contribution in [-0.2, 0) is 9.59 Å². The lowest BCUT2D eigenvalue weighted by Gasteiger charge is -2.23. The minimum atomic E-state index is -0.991. The van der Waals surface area contributed by atoms with Crippen LogP contribution in [0.1, 0.15) is 29.9 Å². The zero-order valence-electron chi connectivity index (χ0n) is 23.8. The molecule has 0 spiro atoms. The van der Waals surface area contributed by atoms with Crippen LogP contribution in [0.25, 0.3) is 21.6 Å². The summed E-state index contributed by atoms with van der Waals surface area (Å²) in [5, 5.41) is 12.2. The van der Waals surface area contributed by atoms with E-state index in [1.54, 1.807) is 41.8 Å². The predicted octanol–water partition coefficient (Wildman–Crippen LogP) is 7.07. The summed E-state index contributed by atoms with van der Waals surface area (Å²) >= 11 is 1.27. The number of rotatable bonds is 7. The maximum Gasteiger partial charge on any atom is 0.301 e. The molecule has 9 nitrogen and oxygen atoms in total. The van der Waals surface area contributed by atoms with Crippen molar-refractivity contribution in [2.24, 2.45) is 0 Å². The molecule has 1 fully saturated rings. The van der Waals surface area contributed by atoms with Gasteiger partial charge in [0.15, 0.2) is 10.9 Å². The van der Waals surface area contributed by atoms with Crippen molar-refractivity contribution in [3.05, 3.63) is 120 Å². The van der Waals surface area contributed by atoms with Gasteiger partial charge in [-0.2, -0.15) is 0 Å². The number of amides is 1. The fraction of sp³-hybridized carbons (Fsp3) is 0.118. The average Bonchev–Trinajstić information content (AvgIpc) is 3.68. The number of benzene rings is 3. The number of pyridine rings is 1. The van der Waals surface area contributed by atoms with Gasteiger partial charge in [0.2, 0.25) is 0 Å². The highest BCUT2D eigenvalue weighted by molar-refractivity contribution is 7.22. The topological polar surface area (TPSA) is 106 Å². The van der Waals surface area contributed by atoms with Crippen molar-refractivity contribution in [1.29, 1.82) is 0 Å². The summed E-state index contributed by atoms with van der Waals surface area (Å²) in [6.45, 7) is 4.17. The molecule has 1 aliphatic heterocycles. The quantitative estimate of drug-likeness (QED) is 0.118. The van der Waals surface area contributed by atoms with Crippen LogP contribution in [0.2, 0.25) is 0 Å². The van der Waals surface area contributed by atoms with Crippen LogP contribution in [0.5, 0.6) is 17.2 Å². The van der Waals surface area contributed by atoms with Gasteiger partial charge in [0.1, 0.15) is 28.6 Å². The number of ketones is 1. The number of carbonyl (C=O) groups excluding carboxylic acids is 2. The molecule has 1 aliphatic rings. The Balaban J connectivity index is 1.42. The monoisotopic (exact) mass is 602 g/mol. The minimum Gasteiger partial charge on any atom is -0.505 e. The standard InChI is InChI=1S/C34H26N4O5S/c1-3-42-23-15-16-25-26(19-23)44-34(36-25)38-30(21-10-9-13-24(18-21)43-22-11-5-4-6-12-22)28(32(40)33(38)41)31(39)29-20(2)35-27-14-7-8-17-37(27)29/h4-19,30,39H,3H2,1-2H3. The van der Waals surface area contributed by atoms with E-state index < -0.39 is 17.7 Å². The van der Waals surface area contributed by atoms with Gasteiger partial charge in [-0.1, -0.05) is 47.7 Å². The first-order valence-electron chi connectivity index (χ1n) is 14.0. The lowest BCUT2D eigenvalue weighted by Crippen LogP contribution is -2.29. The Morgan fingerprint density at radius 3 is 2.52 bits per heavy atom. The first-order chi connectivity index (χ1) is 21.4. The highest BCUT2D eigenvalue weighted by atomic mass is 32.1. The second-order valence-electron chi connectivity index (χ2n) is 10.2. The van der Waals surface area contributed by atoms with Crippen molar-refractivity contribution in [1.82, 2.24) is 14.4 Å². The molecule has 0 aliphatic carbocycles. The first-order valence-corrected chi connectivity index (χ1v) is 14.9. The molecule has 218 valence electrons. The smallest absolute Gasteiger partial charge is 0.301 e. The van der Waals surface area contributed by atoms with Crippen LogP contribution < -0.4 is 14.4 Å². The number of Topliss-reactive ketones (excluding diaryl/α,β-unsaturated/α-hetero) is 1. The molecule has 0 radical (unpaired) electrons. The Bertz CT molecular complexity index is 2100. The van der Waals surface area contributed by atoms with Gasteiger partial charge in [0, 0.05) is 6.20 Å². The summed E-state index contributed by atoms with van der Waals surface area (Å²) in [6, 6.07) is 26.4. The number of carbonyl (C=O) groups is 2. The van der Waals surface area contributed by atoms with Gasteiger partial charge in [0.25, 0.3) is 5.78 Å². The number of hydrogen-bond acceptors (Lipinski definition) is 8. The van der Waals surface area contributed by atoms with Gasteiger partial charge >= 0.3 is 5.91 Å². The van der Waals surface area contributed by atoms with Gasteiger partial charge in [-0.25, -0.2) is 9.97 Å². The number of aromatic nitrogens is 3. The largest absolute Gasteiger partial charge is 0.505 e. The summed E-state index contributed by atoms with van der Waals surface area (Å²) in [6.07, 6.45) is 1.76. The molecule has 1 saturated heterocycles. The van der Waals surface area contributed by atoms with E-state index in [4.69, 9.17) is 14.5 Å². The molecule has 1 amide bonds. The molecule has 6 aromatic rings. The van der Waals surface area contributed by atoms with E-state index in [0.29, 0.717) is 57.1 Å². The van der Waals surface area contributed by atoms with Crippen LogP contribution in [0.15, 0.2) is 103 Å². The molecular weight excluding hydrogens is 576 g/mol. The molecule has 3 aromatic carbocycles. The third kappa shape index (κ3) is 4.65. The Hall–Kier alpha value is -5.48. The van der Waals surface area contributed by atoms with E-state index in [9.17, 15) is 14.7 Å². The molecule has 10 heteroatoms. The molecule has 44 heavy (non-hydrogen) atoms. The minimum absolute atomic E-state index is 0.0603. The molecule has 4 heterocycles. The molecular formula is C34H26N4O5S. The summed E-state index contributed by atoms with van der Waals surface area (Å²) in [5.41, 5.74) is 2.63. The van der Waals surface area contributed by atoms with Crippen molar-refractivity contribution < 1.29 is 24.2 Å². The Morgan fingerprint density at radius 1 is 0.909 bits per heavy atom. The zero-order chi connectivity index (χ0) is 30.4. The van der Waals surface area contributed by atoms with Crippen molar-refractivity contribution >= 4 is 49.8 Å². The molecule has 1 atom stereocenters. The van der Waals surface area contributed by atoms with Crippen molar-refractivity contribution in [3.8, 4) is 17.2 Å². The molecule has 0 bridgehead atoms. The first kappa shape index (κ1) is 27.4. The van der Waals surface area contributed by atoms with E-state index in [1.165, 1.54) is 16.2 Å². The van der Waals surface area contributed by atoms with Crippen LogP contribution in [0.4, 0.5) is 5.13 Å². The Kier molecular flexibility index (Phi) is 6.83. The van der Waals surface area contributed by atoms with E-state index >= 15 is 0 Å². The van der Waals surface area contributed by atoms with Crippen molar-refractivity contribution in [2.75, 3.05) is 11.5 Å². The number of anilines is 1. The maximum atomic E-state index is 13.9. The molecule has 0 saturated carbocycles. The number of ether oxygens (including phenoxy) is 2. The van der Waals surface area contributed by atoms with Gasteiger partial charge < -0.3 is 14.6 Å². The molecule has 1 unspecified atom stereocenters. The van der Waals surface area contributed by atoms with E-state index in [1.807, 2.05) is 73.7 Å². The van der Waals surface area contributed by atoms with Gasteiger partial charge in [-0.3, -0.25) is 18.9 Å². The fourth-order valence-electron chi connectivity index (χ4n) is 5.50. The number of imidazole rings is 1. The number of para-hydroxylation sites is 1. The van der Waals surface area contributed by atoms with E-state index in [-0.39, 0.29) is 11.3 Å². The highest BCUT2D eigenvalue weighted by Crippen LogP contribution is 2.45. The highest BCUT2D eigenvalue weighted by Gasteiger charge is 2.48. The van der Waals surface area contributed by atoms with Crippen LogP contribution in [0.3, 0.4) is 0 Å². The number of thiazole rings is 1. The van der Waals surface area contributed by atoms with Crippen LogP contribution in [0, 0.1) is 6.92 Å². The lowest BCUT2D eigenvalue weighted by molar-refractivity contribution is -0.132. The normalized spacial score (nSPS) is 16.2. The third-order valence-corrected chi connectivity index (χ3v) is 8.41. The van der Waals surface area contributed by atoms with E-state index in [0.717, 1.165) is 4.70 Å². The molecule has 7 rings (SSSR count).